The normalized spacial score (nSPS) is 18.2. The highest BCUT2D eigenvalue weighted by molar-refractivity contribution is 8.15. The summed E-state index contributed by atoms with van der Waals surface area (Å²) in [5.74, 6) is 0.0431. The number of amidine groups is 1. The largest absolute Gasteiger partial charge is 0.573 e. The van der Waals surface area contributed by atoms with Gasteiger partial charge >= 0.3 is 12.4 Å². The number of aromatic nitrogens is 3. The molecule has 2 atom stereocenters. The van der Waals surface area contributed by atoms with Gasteiger partial charge in [-0.25, -0.2) is 18.9 Å². The number of thioether (sulfide) groups is 1. The maximum atomic E-state index is 13.9. The minimum atomic E-state index is -4.75. The Morgan fingerprint density at radius 2 is 1.94 bits per heavy atom. The minimum absolute atomic E-state index is 0.0320. The average Bonchev–Trinajstić information content (AvgIpc) is 3.64. The van der Waals surface area contributed by atoms with Crippen molar-refractivity contribution in [3.63, 3.8) is 0 Å². The van der Waals surface area contributed by atoms with Crippen molar-refractivity contribution in [3.8, 4) is 11.4 Å². The molecule has 1 fully saturated rings. The Morgan fingerprint density at radius 1 is 1.17 bits per heavy atom. The summed E-state index contributed by atoms with van der Waals surface area (Å²) in [5, 5.41) is 7.59. The fraction of sp³-hybridized carbons (Fsp3) is 0.364. The molecule has 0 spiro atoms. The predicted octanol–water partition coefficient (Wildman–Crippen LogP) is 7.66. The maximum absolute atomic E-state index is 13.9. The van der Waals surface area contributed by atoms with Gasteiger partial charge in [-0.15, -0.1) is 13.2 Å². The first-order chi connectivity index (χ1) is 22.4. The third kappa shape index (κ3) is 8.88. The monoisotopic (exact) mass is 670 g/mol. The molecule has 2 aromatic carbocycles. The number of rotatable bonds is 10. The predicted molar refractivity (Wildman–Crippen MR) is 172 cm³/mol. The number of hydrogen-bond donors (Lipinski definition) is 1. The highest BCUT2D eigenvalue weighted by Gasteiger charge is 2.33. The number of alkyl halides is 3. The van der Waals surface area contributed by atoms with Gasteiger partial charge in [0.15, 0.2) is 11.0 Å². The highest BCUT2D eigenvalue weighted by Crippen LogP contribution is 2.34. The number of aliphatic imine (C=N–C) groups is 1. The number of carbonyl (C=O) groups is 2. The lowest BCUT2D eigenvalue weighted by atomic mass is 9.90. The van der Waals surface area contributed by atoms with E-state index in [1.807, 2.05) is 26.0 Å². The number of nitrogens with one attached hydrogen (secondary N) is 1. The van der Waals surface area contributed by atoms with Crippen LogP contribution in [0.2, 0.25) is 0 Å². The number of hydrogen-bond acceptors (Lipinski definition) is 6. The molecule has 5 rings (SSSR count). The zero-order valence-electron chi connectivity index (χ0n) is 26.0. The molecule has 1 N–H and O–H groups in total. The second-order valence-electron chi connectivity index (χ2n) is 11.7. The maximum Gasteiger partial charge on any atom is 0.573 e. The van der Waals surface area contributed by atoms with Crippen LogP contribution in [0.15, 0.2) is 77.6 Å². The quantitative estimate of drug-likeness (QED) is 0.222. The van der Waals surface area contributed by atoms with Crippen LogP contribution in [0.5, 0.6) is 5.75 Å². The summed E-state index contributed by atoms with van der Waals surface area (Å²) in [6.45, 7) is 6.33. The summed E-state index contributed by atoms with van der Waals surface area (Å²) < 4.78 is 56.6. The van der Waals surface area contributed by atoms with Gasteiger partial charge in [-0.1, -0.05) is 56.3 Å². The molecule has 248 valence electrons. The molecule has 9 nitrogen and oxygen atoms in total. The molecule has 47 heavy (non-hydrogen) atoms. The van der Waals surface area contributed by atoms with E-state index >= 15 is 0 Å². The van der Waals surface area contributed by atoms with Gasteiger partial charge in [0.25, 0.3) is 0 Å². The topological polar surface area (TPSA) is 102 Å². The second-order valence-corrected chi connectivity index (χ2v) is 12.6. The summed E-state index contributed by atoms with van der Waals surface area (Å²) in [7, 11) is 0. The molecule has 3 amide bonds. The molecule has 2 heterocycles. The Balaban J connectivity index is 1.09. The lowest BCUT2D eigenvalue weighted by molar-refractivity contribution is -0.274. The van der Waals surface area contributed by atoms with Gasteiger partial charge in [-0.2, -0.15) is 10.1 Å². The van der Waals surface area contributed by atoms with Gasteiger partial charge < -0.3 is 10.1 Å². The lowest BCUT2D eigenvalue weighted by Crippen LogP contribution is -2.32. The van der Waals surface area contributed by atoms with E-state index in [9.17, 15) is 27.2 Å². The highest BCUT2D eigenvalue weighted by atomic mass is 32.2. The molecule has 1 aromatic heterocycles. The molecule has 2 aliphatic rings. The number of amides is 3. The Bertz CT molecular complexity index is 1700. The fourth-order valence-electron chi connectivity index (χ4n) is 5.31. The Hall–Kier alpha value is -4.46. The van der Waals surface area contributed by atoms with E-state index in [0.29, 0.717) is 35.7 Å². The Labute approximate surface area is 273 Å². The summed E-state index contributed by atoms with van der Waals surface area (Å²) in [5.41, 5.74) is 2.92. The van der Waals surface area contributed by atoms with Gasteiger partial charge in [0.2, 0.25) is 5.91 Å². The molecule has 0 saturated carbocycles. The van der Waals surface area contributed by atoms with Crippen molar-refractivity contribution in [2.75, 3.05) is 17.2 Å². The Kier molecular flexibility index (Phi) is 10.5. The smallest absolute Gasteiger partial charge is 0.406 e. The number of carbonyl (C=O) groups excluding carboxylic acids is 2. The molecule has 0 radical (unpaired) electrons. The van der Waals surface area contributed by atoms with Crippen molar-refractivity contribution >= 4 is 34.6 Å². The lowest BCUT2D eigenvalue weighted by Gasteiger charge is -2.21. The number of halogens is 4. The summed E-state index contributed by atoms with van der Waals surface area (Å²) in [4.78, 5) is 35.3. The van der Waals surface area contributed by atoms with E-state index in [0.717, 1.165) is 18.4 Å². The van der Waals surface area contributed by atoms with E-state index in [-0.39, 0.29) is 46.1 Å². The first-order valence-corrected chi connectivity index (χ1v) is 16.1. The van der Waals surface area contributed by atoms with E-state index in [2.05, 4.69) is 38.1 Å². The van der Waals surface area contributed by atoms with Crippen LogP contribution >= 0.6 is 11.8 Å². The van der Waals surface area contributed by atoms with E-state index in [1.165, 1.54) is 64.1 Å². The number of allylic oxidation sites excluding steroid dienone is 4. The molecule has 1 aliphatic carbocycles. The number of urea groups is 1. The average molecular weight is 671 g/mol. The van der Waals surface area contributed by atoms with Gasteiger partial charge in [-0.3, -0.25) is 9.69 Å². The fourth-order valence-corrected chi connectivity index (χ4v) is 6.17. The number of ether oxygens (including phenoxy) is 1. The molecule has 3 aromatic rings. The third-order valence-corrected chi connectivity index (χ3v) is 8.59. The standard InChI is InChI=1S/C33H34F4N6O3S/c1-20(2)27-17-24(34)8-13-28(27)43-29(44)18-47-32(43)40-31(45)38-15-14-21(3)16-22-4-6-23(7-5-22)30-39-19-42(41-30)25-9-11-26(12-10-25)46-33(35,36)37/h4-6,8-13,17,19-21,23H,7,14-16,18H2,1-3H3,(H,38,45). The SMILES string of the molecule is CC(CCNC(=O)N=C1SCC(=O)N1c1ccc(F)cc1C(C)C)CC1=CCC(c2ncn(-c3ccc(OC(F)(F)F)cc3)n2)C=C1. The van der Waals surface area contributed by atoms with Crippen LogP contribution in [0.1, 0.15) is 63.3 Å². The van der Waals surface area contributed by atoms with Crippen molar-refractivity contribution < 1.29 is 31.9 Å². The molecule has 14 heteroatoms. The number of anilines is 1. The molecular weight excluding hydrogens is 636 g/mol. The Morgan fingerprint density at radius 3 is 2.62 bits per heavy atom. The summed E-state index contributed by atoms with van der Waals surface area (Å²) >= 11 is 1.18. The van der Waals surface area contributed by atoms with Gasteiger partial charge in [0.1, 0.15) is 17.9 Å². The number of benzene rings is 2. The van der Waals surface area contributed by atoms with E-state index in [4.69, 9.17) is 0 Å². The molecule has 2 unspecified atom stereocenters. The third-order valence-electron chi connectivity index (χ3n) is 7.67. The van der Waals surface area contributed by atoms with Crippen molar-refractivity contribution in [1.82, 2.24) is 20.1 Å². The molecule has 0 bridgehead atoms. The zero-order chi connectivity index (χ0) is 33.7. The van der Waals surface area contributed by atoms with Gasteiger partial charge in [0, 0.05) is 12.5 Å². The van der Waals surface area contributed by atoms with E-state index in [1.54, 1.807) is 6.07 Å². The van der Waals surface area contributed by atoms with Gasteiger partial charge in [0.05, 0.1) is 17.1 Å². The van der Waals surface area contributed by atoms with Crippen LogP contribution in [0.3, 0.4) is 0 Å². The first-order valence-electron chi connectivity index (χ1n) is 15.1. The van der Waals surface area contributed by atoms with Crippen molar-refractivity contribution in [1.29, 1.82) is 0 Å². The summed E-state index contributed by atoms with van der Waals surface area (Å²) in [6.07, 6.45) is 5.22. The van der Waals surface area contributed by atoms with Crippen LogP contribution in [0.4, 0.5) is 28.0 Å². The van der Waals surface area contributed by atoms with Crippen LogP contribution in [0, 0.1) is 11.7 Å². The van der Waals surface area contributed by atoms with Crippen LogP contribution in [0.25, 0.3) is 5.69 Å². The van der Waals surface area contributed by atoms with Crippen molar-refractivity contribution in [3.05, 3.63) is 89.8 Å². The van der Waals surface area contributed by atoms with Crippen molar-refractivity contribution in [2.45, 2.75) is 58.2 Å². The van der Waals surface area contributed by atoms with Crippen LogP contribution in [-0.4, -0.2) is 50.5 Å². The molecular formula is C33H34F4N6O3S. The van der Waals surface area contributed by atoms with Crippen LogP contribution in [-0.2, 0) is 4.79 Å². The molecule has 1 saturated heterocycles. The first kappa shape index (κ1) is 33.9. The second kappa shape index (κ2) is 14.5. The van der Waals surface area contributed by atoms with Crippen LogP contribution < -0.4 is 15.0 Å². The summed E-state index contributed by atoms with van der Waals surface area (Å²) in [6, 6.07) is 9.12. The van der Waals surface area contributed by atoms with E-state index < -0.39 is 12.4 Å². The van der Waals surface area contributed by atoms with Gasteiger partial charge in [-0.05, 0) is 79.1 Å². The molecule has 1 aliphatic heterocycles. The minimum Gasteiger partial charge on any atom is -0.406 e. The van der Waals surface area contributed by atoms with Crippen molar-refractivity contribution in [2.24, 2.45) is 10.9 Å². The zero-order valence-corrected chi connectivity index (χ0v) is 26.8. The number of nitrogens with zero attached hydrogens (tertiary/aromatic N) is 5.